The van der Waals surface area contributed by atoms with Crippen molar-refractivity contribution in [2.75, 3.05) is 0 Å². The summed E-state index contributed by atoms with van der Waals surface area (Å²) in [5, 5.41) is 3.86. The van der Waals surface area contributed by atoms with Crippen LogP contribution in [0.4, 0.5) is 8.78 Å². The number of aromatic nitrogens is 2. The Morgan fingerprint density at radius 2 is 2.15 bits per heavy atom. The molecule has 1 heterocycles. The maximum Gasteiger partial charge on any atom is 0.142 e. The first-order chi connectivity index (χ1) is 9.49. The molecular formula is C12H12BrClF2N4. The molecule has 108 valence electrons. The monoisotopic (exact) mass is 364 g/mol. The van der Waals surface area contributed by atoms with E-state index in [0.29, 0.717) is 16.7 Å². The van der Waals surface area contributed by atoms with Gasteiger partial charge in [0, 0.05) is 12.1 Å². The van der Waals surface area contributed by atoms with Gasteiger partial charge in [-0.05, 0) is 35.0 Å². The van der Waals surface area contributed by atoms with Crippen LogP contribution in [0.5, 0.6) is 0 Å². The Morgan fingerprint density at radius 1 is 1.45 bits per heavy atom. The zero-order valence-electron chi connectivity index (χ0n) is 10.5. The number of nitrogens with zero attached hydrogens (tertiary/aromatic N) is 2. The van der Waals surface area contributed by atoms with Gasteiger partial charge in [0.05, 0.1) is 27.4 Å². The lowest BCUT2D eigenvalue weighted by atomic mass is 10.0. The van der Waals surface area contributed by atoms with Crippen molar-refractivity contribution < 1.29 is 8.78 Å². The predicted molar refractivity (Wildman–Crippen MR) is 76.1 cm³/mol. The van der Waals surface area contributed by atoms with E-state index in [4.69, 9.17) is 17.4 Å². The molecule has 0 fully saturated rings. The van der Waals surface area contributed by atoms with E-state index in [1.165, 1.54) is 0 Å². The largest absolute Gasteiger partial charge is 0.271 e. The highest BCUT2D eigenvalue weighted by Gasteiger charge is 2.24. The summed E-state index contributed by atoms with van der Waals surface area (Å²) in [6.07, 6.45) is 1.58. The van der Waals surface area contributed by atoms with Crippen LogP contribution in [0.2, 0.25) is 5.02 Å². The second kappa shape index (κ2) is 6.17. The molecule has 3 N–H and O–H groups in total. The lowest BCUT2D eigenvalue weighted by molar-refractivity contribution is 0.508. The number of hydrogen-bond donors (Lipinski definition) is 2. The van der Waals surface area contributed by atoms with Crippen molar-refractivity contribution in [3.63, 3.8) is 0 Å². The highest BCUT2D eigenvalue weighted by atomic mass is 79.9. The number of rotatable bonds is 4. The van der Waals surface area contributed by atoms with Crippen molar-refractivity contribution in [2.24, 2.45) is 5.84 Å². The summed E-state index contributed by atoms with van der Waals surface area (Å²) in [6.45, 7) is 2.45. The molecule has 0 amide bonds. The molecule has 0 saturated heterocycles. The predicted octanol–water partition coefficient (Wildman–Crippen LogP) is 3.15. The minimum absolute atomic E-state index is 0.0605. The fourth-order valence-corrected chi connectivity index (χ4v) is 2.66. The van der Waals surface area contributed by atoms with Crippen molar-refractivity contribution >= 4 is 27.5 Å². The average molecular weight is 366 g/mol. The quantitative estimate of drug-likeness (QED) is 0.497. The summed E-state index contributed by atoms with van der Waals surface area (Å²) >= 11 is 8.89. The Bertz CT molecular complexity index is 632. The van der Waals surface area contributed by atoms with Crippen LogP contribution in [-0.2, 0) is 6.54 Å². The highest BCUT2D eigenvalue weighted by Crippen LogP contribution is 2.31. The van der Waals surface area contributed by atoms with Gasteiger partial charge >= 0.3 is 0 Å². The number of halogens is 4. The number of hydrogen-bond acceptors (Lipinski definition) is 3. The standard InChI is InChI=1S/C12H12BrClF2N4/c1-2-20-12(7(13)5-18-20)11(19-17)6-3-10(16)8(14)4-9(6)15/h3-5,11,19H,2,17H2,1H3. The van der Waals surface area contributed by atoms with E-state index < -0.39 is 17.7 Å². The minimum Gasteiger partial charge on any atom is -0.271 e. The Morgan fingerprint density at radius 3 is 2.75 bits per heavy atom. The maximum atomic E-state index is 14.0. The second-order valence-electron chi connectivity index (χ2n) is 4.08. The van der Waals surface area contributed by atoms with Crippen LogP contribution < -0.4 is 11.3 Å². The average Bonchev–Trinajstić information content (AvgIpc) is 2.78. The van der Waals surface area contributed by atoms with E-state index in [-0.39, 0.29) is 10.6 Å². The molecule has 0 spiro atoms. The van der Waals surface area contributed by atoms with Gasteiger partial charge in [-0.3, -0.25) is 10.5 Å². The molecular weight excluding hydrogens is 354 g/mol. The van der Waals surface area contributed by atoms with Gasteiger partial charge in [-0.1, -0.05) is 11.6 Å². The van der Waals surface area contributed by atoms with E-state index >= 15 is 0 Å². The molecule has 8 heteroatoms. The minimum atomic E-state index is -0.751. The normalized spacial score (nSPS) is 12.7. The van der Waals surface area contributed by atoms with Crippen LogP contribution in [0.15, 0.2) is 22.8 Å². The molecule has 1 aromatic carbocycles. The first-order valence-corrected chi connectivity index (χ1v) is 6.98. The molecule has 0 bridgehead atoms. The van der Waals surface area contributed by atoms with Crippen LogP contribution in [-0.4, -0.2) is 9.78 Å². The van der Waals surface area contributed by atoms with Gasteiger partial charge in [-0.2, -0.15) is 5.10 Å². The first kappa shape index (κ1) is 15.4. The number of nitrogens with two attached hydrogens (primary N) is 1. The molecule has 4 nitrogen and oxygen atoms in total. The molecule has 1 aromatic heterocycles. The zero-order chi connectivity index (χ0) is 14.9. The van der Waals surface area contributed by atoms with Crippen molar-refractivity contribution in [2.45, 2.75) is 19.5 Å². The molecule has 1 atom stereocenters. The SMILES string of the molecule is CCn1ncc(Br)c1C(NN)c1cc(F)c(Cl)cc1F. The van der Waals surface area contributed by atoms with Gasteiger partial charge in [0.25, 0.3) is 0 Å². The molecule has 2 rings (SSSR count). The molecule has 0 saturated carbocycles. The Hall–Kier alpha value is -1.02. The third-order valence-electron chi connectivity index (χ3n) is 2.92. The van der Waals surface area contributed by atoms with Gasteiger partial charge in [-0.15, -0.1) is 0 Å². The summed E-state index contributed by atoms with van der Waals surface area (Å²) in [7, 11) is 0. The Labute approximate surface area is 128 Å². The fraction of sp³-hybridized carbons (Fsp3) is 0.250. The van der Waals surface area contributed by atoms with Crippen molar-refractivity contribution in [3.8, 4) is 0 Å². The van der Waals surface area contributed by atoms with Crippen LogP contribution in [0.3, 0.4) is 0 Å². The lowest BCUT2D eigenvalue weighted by Crippen LogP contribution is -2.31. The number of nitrogens with one attached hydrogen (secondary N) is 1. The van der Waals surface area contributed by atoms with Gasteiger partial charge in [0.2, 0.25) is 0 Å². The first-order valence-electron chi connectivity index (χ1n) is 5.81. The van der Waals surface area contributed by atoms with E-state index in [1.807, 2.05) is 6.92 Å². The van der Waals surface area contributed by atoms with E-state index in [1.54, 1.807) is 10.9 Å². The van der Waals surface area contributed by atoms with Crippen molar-refractivity contribution in [1.82, 2.24) is 15.2 Å². The maximum absolute atomic E-state index is 14.0. The molecule has 2 aromatic rings. The summed E-state index contributed by atoms with van der Waals surface area (Å²) in [4.78, 5) is 0. The summed E-state index contributed by atoms with van der Waals surface area (Å²) in [5.41, 5.74) is 3.15. The van der Waals surface area contributed by atoms with Crippen LogP contribution in [0, 0.1) is 11.6 Å². The van der Waals surface area contributed by atoms with Crippen LogP contribution in [0.1, 0.15) is 24.2 Å². The van der Waals surface area contributed by atoms with Gasteiger partial charge in [-0.25, -0.2) is 14.2 Å². The van der Waals surface area contributed by atoms with Gasteiger partial charge in [0.1, 0.15) is 11.6 Å². The molecule has 20 heavy (non-hydrogen) atoms. The summed E-state index contributed by atoms with van der Waals surface area (Å²) < 4.78 is 29.9. The summed E-state index contributed by atoms with van der Waals surface area (Å²) in [5.74, 6) is 4.16. The van der Waals surface area contributed by atoms with E-state index in [0.717, 1.165) is 12.1 Å². The Balaban J connectivity index is 2.58. The molecule has 0 aliphatic rings. The smallest absolute Gasteiger partial charge is 0.142 e. The molecule has 0 aliphatic carbocycles. The summed E-state index contributed by atoms with van der Waals surface area (Å²) in [6, 6.07) is 1.21. The van der Waals surface area contributed by atoms with Gasteiger partial charge in [0.15, 0.2) is 0 Å². The Kier molecular flexibility index (Phi) is 4.74. The molecule has 0 aliphatic heterocycles. The highest BCUT2D eigenvalue weighted by molar-refractivity contribution is 9.10. The van der Waals surface area contributed by atoms with Crippen LogP contribution in [0.25, 0.3) is 0 Å². The topological polar surface area (TPSA) is 55.9 Å². The molecule has 1 unspecified atom stereocenters. The van der Waals surface area contributed by atoms with E-state index in [9.17, 15) is 8.78 Å². The second-order valence-corrected chi connectivity index (χ2v) is 5.34. The lowest BCUT2D eigenvalue weighted by Gasteiger charge is -2.19. The number of aryl methyl sites for hydroxylation is 1. The molecule has 0 radical (unpaired) electrons. The fourth-order valence-electron chi connectivity index (χ4n) is 1.99. The van der Waals surface area contributed by atoms with Crippen molar-refractivity contribution in [1.29, 1.82) is 0 Å². The zero-order valence-corrected chi connectivity index (χ0v) is 12.8. The number of hydrazine groups is 1. The third kappa shape index (κ3) is 2.71. The van der Waals surface area contributed by atoms with Gasteiger partial charge < -0.3 is 0 Å². The van der Waals surface area contributed by atoms with Crippen molar-refractivity contribution in [3.05, 3.63) is 50.7 Å². The van der Waals surface area contributed by atoms with E-state index in [2.05, 4.69) is 26.5 Å². The van der Waals surface area contributed by atoms with Crippen LogP contribution >= 0.6 is 27.5 Å². The number of benzene rings is 1. The third-order valence-corrected chi connectivity index (χ3v) is 3.82.